The minimum atomic E-state index is -0.294. The number of nitrogens with zero attached hydrogens (tertiary/aromatic N) is 1. The van der Waals surface area contributed by atoms with Crippen LogP contribution in [0, 0.1) is 0 Å². The number of carbonyl (C=O) groups excluding carboxylic acids is 2. The van der Waals surface area contributed by atoms with Crippen molar-refractivity contribution < 1.29 is 19.1 Å². The van der Waals surface area contributed by atoms with Gasteiger partial charge in [-0.3, -0.25) is 4.79 Å². The maximum atomic E-state index is 12.4. The first-order valence-corrected chi connectivity index (χ1v) is 13.3. The van der Waals surface area contributed by atoms with Crippen molar-refractivity contribution >= 4 is 17.7 Å². The molecule has 4 rings (SSSR count). The van der Waals surface area contributed by atoms with E-state index in [1.54, 1.807) is 0 Å². The molecule has 1 aliphatic rings. The highest BCUT2D eigenvalue weighted by Gasteiger charge is 2.11. The van der Waals surface area contributed by atoms with Gasteiger partial charge in [-0.1, -0.05) is 67.6 Å². The van der Waals surface area contributed by atoms with Gasteiger partial charge >= 0.3 is 12.0 Å². The van der Waals surface area contributed by atoms with Gasteiger partial charge in [0.25, 0.3) is 0 Å². The SMILES string of the molecule is CCCC(=O)OCN1C=CC=C(CNC(=O)Nc2ccc(OCCc3ccccc3-c3ccccc3)cc2)C1. The Morgan fingerprint density at radius 1 is 0.949 bits per heavy atom. The fourth-order valence-corrected chi connectivity index (χ4v) is 4.22. The van der Waals surface area contributed by atoms with Gasteiger partial charge in [-0.2, -0.15) is 0 Å². The molecule has 2 N–H and O–H groups in total. The molecule has 0 radical (unpaired) electrons. The Morgan fingerprint density at radius 3 is 2.51 bits per heavy atom. The standard InChI is InChI=1S/C32H35N3O4/c1-2-9-31(36)39-24-35-20-8-10-25(23-35)22-33-32(37)34-28-15-17-29(18-16-28)38-21-19-27-13-6-7-14-30(27)26-11-4-3-5-12-26/h3-8,10-18,20H,2,9,19,21-24H2,1H3,(H2,33,34,37). The molecule has 0 saturated carbocycles. The number of benzene rings is 3. The molecule has 7 heteroatoms. The number of anilines is 1. The molecule has 0 atom stereocenters. The van der Waals surface area contributed by atoms with Crippen LogP contribution in [0.2, 0.25) is 0 Å². The van der Waals surface area contributed by atoms with E-state index in [4.69, 9.17) is 9.47 Å². The van der Waals surface area contributed by atoms with Crippen LogP contribution >= 0.6 is 0 Å². The fraction of sp³-hybridized carbons (Fsp3) is 0.250. The number of hydrogen-bond donors (Lipinski definition) is 2. The number of allylic oxidation sites excluding steroid dienone is 2. The van der Waals surface area contributed by atoms with Crippen molar-refractivity contribution in [3.05, 3.63) is 108 Å². The van der Waals surface area contributed by atoms with Gasteiger partial charge in [0, 0.05) is 37.8 Å². The van der Waals surface area contributed by atoms with Crippen LogP contribution in [0.5, 0.6) is 5.75 Å². The van der Waals surface area contributed by atoms with E-state index in [-0.39, 0.29) is 18.7 Å². The molecule has 0 aromatic heterocycles. The summed E-state index contributed by atoms with van der Waals surface area (Å²) in [5, 5.41) is 5.72. The zero-order valence-electron chi connectivity index (χ0n) is 22.3. The van der Waals surface area contributed by atoms with E-state index < -0.39 is 0 Å². The monoisotopic (exact) mass is 525 g/mol. The topological polar surface area (TPSA) is 79.9 Å². The van der Waals surface area contributed by atoms with Crippen LogP contribution in [0.3, 0.4) is 0 Å². The van der Waals surface area contributed by atoms with Crippen molar-refractivity contribution in [3.8, 4) is 16.9 Å². The van der Waals surface area contributed by atoms with Crippen molar-refractivity contribution in [2.75, 3.05) is 31.7 Å². The van der Waals surface area contributed by atoms with Crippen molar-refractivity contribution in [1.29, 1.82) is 0 Å². The van der Waals surface area contributed by atoms with Gasteiger partial charge in [0.1, 0.15) is 5.75 Å². The highest BCUT2D eigenvalue weighted by Crippen LogP contribution is 2.24. The first-order chi connectivity index (χ1) is 19.1. The van der Waals surface area contributed by atoms with Gasteiger partial charge in [-0.05, 0) is 59.0 Å². The van der Waals surface area contributed by atoms with Crippen molar-refractivity contribution in [3.63, 3.8) is 0 Å². The van der Waals surface area contributed by atoms with Gasteiger partial charge in [-0.15, -0.1) is 0 Å². The number of urea groups is 1. The Morgan fingerprint density at radius 2 is 1.72 bits per heavy atom. The summed E-state index contributed by atoms with van der Waals surface area (Å²) in [6.07, 6.45) is 7.67. The van der Waals surface area contributed by atoms with Gasteiger partial charge in [-0.25, -0.2) is 4.79 Å². The Kier molecular flexibility index (Phi) is 10.2. The number of nitrogens with one attached hydrogen (secondary N) is 2. The molecule has 0 unspecified atom stereocenters. The lowest BCUT2D eigenvalue weighted by atomic mass is 9.98. The zero-order valence-corrected chi connectivity index (χ0v) is 22.3. The van der Waals surface area contributed by atoms with E-state index in [0.29, 0.717) is 31.8 Å². The molecule has 202 valence electrons. The normalized spacial score (nSPS) is 12.4. The van der Waals surface area contributed by atoms with Gasteiger partial charge in [0.2, 0.25) is 0 Å². The van der Waals surface area contributed by atoms with Crippen LogP contribution in [0.4, 0.5) is 10.5 Å². The molecule has 0 bridgehead atoms. The van der Waals surface area contributed by atoms with Gasteiger partial charge in [0.05, 0.1) is 6.61 Å². The third-order valence-electron chi connectivity index (χ3n) is 6.21. The zero-order chi connectivity index (χ0) is 27.3. The van der Waals surface area contributed by atoms with Crippen LogP contribution in [-0.2, 0) is 16.0 Å². The minimum absolute atomic E-state index is 0.201. The molecule has 39 heavy (non-hydrogen) atoms. The van der Waals surface area contributed by atoms with Crippen LogP contribution in [0.15, 0.2) is 103 Å². The summed E-state index contributed by atoms with van der Waals surface area (Å²) in [5.41, 5.74) is 5.34. The van der Waals surface area contributed by atoms with Crippen molar-refractivity contribution in [1.82, 2.24) is 10.2 Å². The molecule has 3 aromatic carbocycles. The molecule has 1 aliphatic heterocycles. The number of esters is 1. The summed E-state index contributed by atoms with van der Waals surface area (Å²) in [6, 6.07) is 25.8. The molecule has 7 nitrogen and oxygen atoms in total. The first kappa shape index (κ1) is 27.5. The largest absolute Gasteiger partial charge is 0.493 e. The fourth-order valence-electron chi connectivity index (χ4n) is 4.22. The Bertz CT molecular complexity index is 1290. The second-order valence-corrected chi connectivity index (χ2v) is 9.26. The molecule has 0 aliphatic carbocycles. The molecule has 3 aromatic rings. The lowest BCUT2D eigenvalue weighted by Gasteiger charge is -2.24. The van der Waals surface area contributed by atoms with E-state index in [1.165, 1.54) is 16.7 Å². The third kappa shape index (κ3) is 8.78. The third-order valence-corrected chi connectivity index (χ3v) is 6.21. The van der Waals surface area contributed by atoms with Crippen LogP contribution < -0.4 is 15.4 Å². The van der Waals surface area contributed by atoms with Crippen molar-refractivity contribution in [2.24, 2.45) is 0 Å². The summed E-state index contributed by atoms with van der Waals surface area (Å²) in [4.78, 5) is 25.9. The van der Waals surface area contributed by atoms with Gasteiger partial charge < -0.3 is 25.0 Å². The second kappa shape index (κ2) is 14.4. The summed E-state index contributed by atoms with van der Waals surface area (Å²) in [6.45, 7) is 3.66. The van der Waals surface area contributed by atoms with Crippen LogP contribution in [0.1, 0.15) is 25.3 Å². The summed E-state index contributed by atoms with van der Waals surface area (Å²) >= 11 is 0. The Hall–Kier alpha value is -4.52. The molecule has 0 saturated heterocycles. The maximum Gasteiger partial charge on any atom is 0.319 e. The number of hydrogen-bond acceptors (Lipinski definition) is 5. The lowest BCUT2D eigenvalue weighted by molar-refractivity contribution is -0.147. The number of amides is 2. The number of carbonyl (C=O) groups is 2. The second-order valence-electron chi connectivity index (χ2n) is 9.26. The van der Waals surface area contributed by atoms with E-state index >= 15 is 0 Å². The highest BCUT2D eigenvalue weighted by molar-refractivity contribution is 5.89. The minimum Gasteiger partial charge on any atom is -0.493 e. The van der Waals surface area contributed by atoms with E-state index in [2.05, 4.69) is 47.0 Å². The lowest BCUT2D eigenvalue weighted by Crippen LogP contribution is -2.34. The number of rotatable bonds is 12. The summed E-state index contributed by atoms with van der Waals surface area (Å²) in [5.74, 6) is 0.543. The molecule has 2 amide bonds. The molecule has 0 fully saturated rings. The van der Waals surface area contributed by atoms with Crippen LogP contribution in [-0.4, -0.2) is 43.3 Å². The quantitative estimate of drug-likeness (QED) is 0.277. The number of ether oxygens (including phenoxy) is 2. The predicted octanol–water partition coefficient (Wildman–Crippen LogP) is 6.15. The smallest absolute Gasteiger partial charge is 0.319 e. The molecule has 1 heterocycles. The first-order valence-electron chi connectivity index (χ1n) is 13.3. The molecular formula is C32H35N3O4. The van der Waals surface area contributed by atoms with E-state index in [9.17, 15) is 9.59 Å². The highest BCUT2D eigenvalue weighted by atomic mass is 16.5. The summed E-state index contributed by atoms with van der Waals surface area (Å²) in [7, 11) is 0. The average Bonchev–Trinajstić information content (AvgIpc) is 2.97. The predicted molar refractivity (Wildman–Crippen MR) is 154 cm³/mol. The summed E-state index contributed by atoms with van der Waals surface area (Å²) < 4.78 is 11.2. The average molecular weight is 526 g/mol. The molecular weight excluding hydrogens is 490 g/mol. The van der Waals surface area contributed by atoms with Crippen molar-refractivity contribution in [2.45, 2.75) is 26.2 Å². The Balaban J connectivity index is 1.18. The van der Waals surface area contributed by atoms with E-state index in [0.717, 1.165) is 24.2 Å². The molecule has 0 spiro atoms. The maximum absolute atomic E-state index is 12.4. The Labute approximate surface area is 230 Å². The van der Waals surface area contributed by atoms with Gasteiger partial charge in [0.15, 0.2) is 6.73 Å². The van der Waals surface area contributed by atoms with Crippen LogP contribution in [0.25, 0.3) is 11.1 Å². The van der Waals surface area contributed by atoms with E-state index in [1.807, 2.05) is 72.6 Å².